The summed E-state index contributed by atoms with van der Waals surface area (Å²) in [5.41, 5.74) is -0.372. The van der Waals surface area contributed by atoms with Gasteiger partial charge in [-0.15, -0.1) is 0 Å². The quantitative estimate of drug-likeness (QED) is 0.735. The molecule has 2 heterocycles. The van der Waals surface area contributed by atoms with Crippen LogP contribution < -0.4 is 16.6 Å². The van der Waals surface area contributed by atoms with Gasteiger partial charge in [-0.2, -0.15) is 5.26 Å². The number of aryl methyl sites for hydroxylation is 1. The maximum atomic E-state index is 12.3. The standard InChI is InChI=1S/C12H13N5O3/c1-16-10-8(11(19)17(2)12(16)20)9(14-3-4-18)7(5-13)6-15-10/h6,18H,3-4H2,1-2H3,(H,14,15). The van der Waals surface area contributed by atoms with Crippen LogP contribution in [0.2, 0.25) is 0 Å². The van der Waals surface area contributed by atoms with Gasteiger partial charge in [0.2, 0.25) is 0 Å². The third-order valence-electron chi connectivity index (χ3n) is 3.00. The molecular formula is C12H13N5O3. The average molecular weight is 275 g/mol. The van der Waals surface area contributed by atoms with Crippen molar-refractivity contribution in [3.63, 3.8) is 0 Å². The minimum absolute atomic E-state index is 0.152. The summed E-state index contributed by atoms with van der Waals surface area (Å²) in [7, 11) is 2.86. The molecule has 104 valence electrons. The van der Waals surface area contributed by atoms with Gasteiger partial charge in [0.1, 0.15) is 11.5 Å². The second-order valence-electron chi connectivity index (χ2n) is 4.21. The Morgan fingerprint density at radius 1 is 1.40 bits per heavy atom. The van der Waals surface area contributed by atoms with Gasteiger partial charge in [-0.1, -0.05) is 0 Å². The number of rotatable bonds is 3. The lowest BCUT2D eigenvalue weighted by molar-refractivity contribution is 0.311. The van der Waals surface area contributed by atoms with Gasteiger partial charge in [0, 0.05) is 26.8 Å². The first-order valence-electron chi connectivity index (χ1n) is 5.86. The van der Waals surface area contributed by atoms with Gasteiger partial charge in [0.25, 0.3) is 5.56 Å². The summed E-state index contributed by atoms with van der Waals surface area (Å²) in [4.78, 5) is 28.1. The number of fused-ring (bicyclic) bond motifs is 1. The highest BCUT2D eigenvalue weighted by molar-refractivity contribution is 5.91. The summed E-state index contributed by atoms with van der Waals surface area (Å²) in [6, 6.07) is 1.94. The number of anilines is 1. The zero-order valence-corrected chi connectivity index (χ0v) is 11.0. The van der Waals surface area contributed by atoms with Crippen LogP contribution in [0.3, 0.4) is 0 Å². The van der Waals surface area contributed by atoms with Gasteiger partial charge >= 0.3 is 5.69 Å². The highest BCUT2D eigenvalue weighted by Gasteiger charge is 2.16. The molecule has 0 unspecified atom stereocenters. The van der Waals surface area contributed by atoms with E-state index >= 15 is 0 Å². The summed E-state index contributed by atoms with van der Waals surface area (Å²) in [5.74, 6) is 0. The van der Waals surface area contributed by atoms with Gasteiger partial charge in [-0.25, -0.2) is 9.78 Å². The third kappa shape index (κ3) is 1.94. The Balaban J connectivity index is 2.97. The molecule has 2 N–H and O–H groups in total. The Kier molecular flexibility index (Phi) is 3.54. The van der Waals surface area contributed by atoms with E-state index in [1.807, 2.05) is 6.07 Å². The van der Waals surface area contributed by atoms with E-state index in [2.05, 4.69) is 10.3 Å². The van der Waals surface area contributed by atoms with Crippen molar-refractivity contribution in [3.05, 3.63) is 32.6 Å². The lowest BCUT2D eigenvalue weighted by atomic mass is 10.2. The SMILES string of the molecule is Cn1c(=O)c2c(NCCO)c(C#N)cnc2n(C)c1=O. The number of hydrogen-bond acceptors (Lipinski definition) is 6. The number of aromatic nitrogens is 3. The van der Waals surface area contributed by atoms with Crippen LogP contribution in [0.5, 0.6) is 0 Å². The zero-order valence-electron chi connectivity index (χ0n) is 11.0. The number of nitrogens with one attached hydrogen (secondary N) is 1. The molecule has 20 heavy (non-hydrogen) atoms. The fourth-order valence-corrected chi connectivity index (χ4v) is 1.98. The van der Waals surface area contributed by atoms with Crippen molar-refractivity contribution in [2.45, 2.75) is 0 Å². The van der Waals surface area contributed by atoms with Gasteiger partial charge in [-0.05, 0) is 0 Å². The normalized spacial score (nSPS) is 10.5. The highest BCUT2D eigenvalue weighted by atomic mass is 16.3. The van der Waals surface area contributed by atoms with Crippen molar-refractivity contribution in [3.8, 4) is 6.07 Å². The molecule has 0 fully saturated rings. The number of aliphatic hydroxyl groups excluding tert-OH is 1. The van der Waals surface area contributed by atoms with Crippen molar-refractivity contribution in [2.24, 2.45) is 14.1 Å². The molecule has 2 rings (SSSR count). The number of nitriles is 1. The Morgan fingerprint density at radius 3 is 2.70 bits per heavy atom. The maximum Gasteiger partial charge on any atom is 0.332 e. The van der Waals surface area contributed by atoms with E-state index in [0.29, 0.717) is 0 Å². The monoisotopic (exact) mass is 275 g/mol. The van der Waals surface area contributed by atoms with E-state index in [-0.39, 0.29) is 35.4 Å². The molecule has 0 bridgehead atoms. The molecule has 0 atom stereocenters. The maximum absolute atomic E-state index is 12.3. The number of aliphatic hydroxyl groups is 1. The second kappa shape index (κ2) is 5.14. The molecule has 2 aromatic rings. The van der Waals surface area contributed by atoms with E-state index in [9.17, 15) is 9.59 Å². The first-order chi connectivity index (χ1) is 9.52. The van der Waals surface area contributed by atoms with Gasteiger partial charge in [0.15, 0.2) is 5.65 Å². The second-order valence-corrected chi connectivity index (χ2v) is 4.21. The molecule has 0 radical (unpaired) electrons. The molecule has 0 aromatic carbocycles. The van der Waals surface area contributed by atoms with Crippen molar-refractivity contribution in [2.75, 3.05) is 18.5 Å². The van der Waals surface area contributed by atoms with Crippen molar-refractivity contribution in [1.29, 1.82) is 5.26 Å². The molecule has 0 saturated carbocycles. The third-order valence-corrected chi connectivity index (χ3v) is 3.00. The molecule has 0 spiro atoms. The predicted molar refractivity (Wildman–Crippen MR) is 72.5 cm³/mol. The van der Waals surface area contributed by atoms with Crippen LogP contribution in [0, 0.1) is 11.3 Å². The first kappa shape index (κ1) is 13.8. The molecular weight excluding hydrogens is 262 g/mol. The minimum Gasteiger partial charge on any atom is -0.395 e. The van der Waals surface area contributed by atoms with Crippen LogP contribution in [-0.4, -0.2) is 32.4 Å². The molecule has 0 amide bonds. The topological polar surface area (TPSA) is 113 Å². The molecule has 8 nitrogen and oxygen atoms in total. The summed E-state index contributed by atoms with van der Waals surface area (Å²) >= 11 is 0. The Labute approximate surface area is 113 Å². The van der Waals surface area contributed by atoms with E-state index in [4.69, 9.17) is 10.4 Å². The van der Waals surface area contributed by atoms with Gasteiger partial charge in [-0.3, -0.25) is 13.9 Å². The predicted octanol–water partition coefficient (Wildman–Crippen LogP) is -1.09. The van der Waals surface area contributed by atoms with E-state index in [1.54, 1.807) is 0 Å². The van der Waals surface area contributed by atoms with Crippen LogP contribution in [-0.2, 0) is 14.1 Å². The minimum atomic E-state index is -0.534. The number of hydrogen-bond donors (Lipinski definition) is 2. The largest absolute Gasteiger partial charge is 0.395 e. The number of pyridine rings is 1. The van der Waals surface area contributed by atoms with E-state index in [0.717, 1.165) is 4.57 Å². The Bertz CT molecular complexity index is 828. The number of nitrogens with zero attached hydrogens (tertiary/aromatic N) is 4. The van der Waals surface area contributed by atoms with E-state index < -0.39 is 11.2 Å². The first-order valence-corrected chi connectivity index (χ1v) is 5.86. The fraction of sp³-hybridized carbons (Fsp3) is 0.333. The van der Waals surface area contributed by atoms with Crippen molar-refractivity contribution < 1.29 is 5.11 Å². The van der Waals surface area contributed by atoms with Crippen LogP contribution in [0.15, 0.2) is 15.8 Å². The van der Waals surface area contributed by atoms with E-state index in [1.165, 1.54) is 24.9 Å². The summed E-state index contributed by atoms with van der Waals surface area (Å²) in [6.45, 7) is 0.0283. The molecule has 2 aromatic heterocycles. The van der Waals surface area contributed by atoms with Gasteiger partial charge in [0.05, 0.1) is 17.9 Å². The smallest absolute Gasteiger partial charge is 0.332 e. The van der Waals surface area contributed by atoms with Gasteiger partial charge < -0.3 is 10.4 Å². The van der Waals surface area contributed by atoms with Crippen LogP contribution >= 0.6 is 0 Å². The van der Waals surface area contributed by atoms with Crippen molar-refractivity contribution >= 4 is 16.7 Å². The zero-order chi connectivity index (χ0) is 14.9. The fourth-order valence-electron chi connectivity index (χ4n) is 1.98. The Morgan fingerprint density at radius 2 is 2.10 bits per heavy atom. The summed E-state index contributed by atoms with van der Waals surface area (Å²) in [6.07, 6.45) is 1.29. The molecule has 0 aliphatic carbocycles. The lowest BCUT2D eigenvalue weighted by Gasteiger charge is -2.12. The lowest BCUT2D eigenvalue weighted by Crippen LogP contribution is -2.37. The molecule has 0 aliphatic heterocycles. The molecule has 0 aliphatic rings. The van der Waals surface area contributed by atoms with Crippen molar-refractivity contribution in [1.82, 2.24) is 14.1 Å². The Hall–Kier alpha value is -2.66. The highest BCUT2D eigenvalue weighted by Crippen LogP contribution is 2.21. The average Bonchev–Trinajstić information content (AvgIpc) is 2.47. The molecule has 8 heteroatoms. The molecule has 0 saturated heterocycles. The summed E-state index contributed by atoms with van der Waals surface area (Å²) in [5, 5.41) is 21.0. The van der Waals surface area contributed by atoms with Crippen LogP contribution in [0.4, 0.5) is 5.69 Å². The summed E-state index contributed by atoms with van der Waals surface area (Å²) < 4.78 is 2.19. The van der Waals surface area contributed by atoms with Crippen LogP contribution in [0.25, 0.3) is 11.0 Å². The van der Waals surface area contributed by atoms with Crippen LogP contribution in [0.1, 0.15) is 5.56 Å².